The Morgan fingerprint density at radius 2 is 1.94 bits per heavy atom. The zero-order chi connectivity index (χ0) is 25.0. The first-order valence-corrected chi connectivity index (χ1v) is 10.3. The van der Waals surface area contributed by atoms with E-state index in [0.29, 0.717) is 5.56 Å². The summed E-state index contributed by atoms with van der Waals surface area (Å²) in [6.45, 7) is -0.407. The van der Waals surface area contributed by atoms with E-state index in [1.54, 1.807) is 0 Å². The normalized spacial score (nSPS) is 14.6. The molecule has 2 N–H and O–H groups in total. The molecular weight excluding hydrogens is 488 g/mol. The Labute approximate surface area is 203 Å². The van der Waals surface area contributed by atoms with E-state index in [1.807, 2.05) is 0 Å². The molecule has 176 valence electrons. The fourth-order valence-electron chi connectivity index (χ4n) is 2.99. The smallest absolute Gasteiger partial charge is 0.343 e. The van der Waals surface area contributed by atoms with Crippen LogP contribution in [0, 0.1) is 0 Å². The summed E-state index contributed by atoms with van der Waals surface area (Å²) >= 11 is 11.4. The van der Waals surface area contributed by atoms with E-state index in [4.69, 9.17) is 33.3 Å². The number of halogens is 1. The van der Waals surface area contributed by atoms with Crippen molar-refractivity contribution in [1.29, 1.82) is 0 Å². The molecule has 0 atom stereocenters. The summed E-state index contributed by atoms with van der Waals surface area (Å²) in [7, 11) is 2.56. The minimum atomic E-state index is -1.19. The molecule has 34 heavy (non-hydrogen) atoms. The predicted molar refractivity (Wildman–Crippen MR) is 125 cm³/mol. The molecular formula is C22H17ClN2O8S. The lowest BCUT2D eigenvalue weighted by Crippen LogP contribution is -2.54. The van der Waals surface area contributed by atoms with E-state index < -0.39 is 30.4 Å². The zero-order valence-electron chi connectivity index (χ0n) is 17.8. The molecule has 1 aliphatic rings. The molecule has 10 nitrogen and oxygen atoms in total. The Kier molecular flexibility index (Phi) is 7.49. The molecule has 2 aromatic carbocycles. The minimum Gasteiger partial charge on any atom is -0.493 e. The van der Waals surface area contributed by atoms with Crippen molar-refractivity contribution in [3.05, 3.63) is 58.1 Å². The van der Waals surface area contributed by atoms with Gasteiger partial charge in [-0.25, -0.2) is 9.59 Å². The van der Waals surface area contributed by atoms with Crippen molar-refractivity contribution in [2.75, 3.05) is 25.7 Å². The summed E-state index contributed by atoms with van der Waals surface area (Å²) < 4.78 is 15.1. The Hall–Kier alpha value is -3.96. The maximum absolute atomic E-state index is 13.2. The van der Waals surface area contributed by atoms with Gasteiger partial charge in [-0.15, -0.1) is 0 Å². The molecule has 0 unspecified atom stereocenters. The summed E-state index contributed by atoms with van der Waals surface area (Å²) in [5, 5.41) is 11.5. The van der Waals surface area contributed by atoms with E-state index in [2.05, 4.69) is 10.1 Å². The Morgan fingerprint density at radius 1 is 1.21 bits per heavy atom. The predicted octanol–water partition coefficient (Wildman–Crippen LogP) is 2.43. The van der Waals surface area contributed by atoms with Gasteiger partial charge >= 0.3 is 11.9 Å². The highest BCUT2D eigenvalue weighted by Gasteiger charge is 2.35. The quantitative estimate of drug-likeness (QED) is 0.252. The largest absolute Gasteiger partial charge is 0.493 e. The standard InChI is InChI=1S/C22H17ClN2O8S/c1-31-16-8-11(7-15(23)18(16)33-10-17(26)32-2)6-14-19(27)24-22(34)25(20(14)28)13-5-3-4-12(9-13)21(29)30/h3-9H,10H2,1-2H3,(H,29,30)(H,24,27,34). The van der Waals surface area contributed by atoms with Crippen molar-refractivity contribution in [3.8, 4) is 11.5 Å². The highest BCUT2D eigenvalue weighted by Crippen LogP contribution is 2.37. The number of thiocarbonyl (C=S) groups is 1. The van der Waals surface area contributed by atoms with Crippen LogP contribution in [0.4, 0.5) is 5.69 Å². The number of benzene rings is 2. The van der Waals surface area contributed by atoms with Crippen molar-refractivity contribution < 1.29 is 38.5 Å². The number of carbonyl (C=O) groups excluding carboxylic acids is 3. The monoisotopic (exact) mass is 504 g/mol. The van der Waals surface area contributed by atoms with Gasteiger partial charge in [-0.05, 0) is 54.2 Å². The van der Waals surface area contributed by atoms with Crippen molar-refractivity contribution in [1.82, 2.24) is 5.32 Å². The number of anilines is 1. The van der Waals surface area contributed by atoms with Gasteiger partial charge in [0.05, 0.1) is 30.5 Å². The molecule has 0 aliphatic carbocycles. The van der Waals surface area contributed by atoms with E-state index in [1.165, 1.54) is 56.7 Å². The number of ether oxygens (including phenoxy) is 3. The maximum Gasteiger partial charge on any atom is 0.343 e. The number of amides is 2. The summed E-state index contributed by atoms with van der Waals surface area (Å²) in [4.78, 5) is 49.4. The molecule has 0 radical (unpaired) electrons. The second-order valence-electron chi connectivity index (χ2n) is 6.71. The maximum atomic E-state index is 13.2. The number of nitrogens with one attached hydrogen (secondary N) is 1. The Bertz CT molecular complexity index is 1240. The van der Waals surface area contributed by atoms with Crippen LogP contribution in [-0.2, 0) is 19.1 Å². The van der Waals surface area contributed by atoms with Gasteiger partial charge in [0.2, 0.25) is 0 Å². The second kappa shape index (κ2) is 10.3. The first-order valence-electron chi connectivity index (χ1n) is 9.48. The van der Waals surface area contributed by atoms with Gasteiger partial charge in [-0.3, -0.25) is 19.8 Å². The molecule has 0 bridgehead atoms. The molecule has 3 rings (SSSR count). The number of nitrogens with zero attached hydrogens (tertiary/aromatic N) is 1. The van der Waals surface area contributed by atoms with Crippen LogP contribution in [0.1, 0.15) is 15.9 Å². The lowest BCUT2D eigenvalue weighted by Gasteiger charge is -2.29. The van der Waals surface area contributed by atoms with Gasteiger partial charge in [-0.1, -0.05) is 17.7 Å². The van der Waals surface area contributed by atoms with Crippen molar-refractivity contribution in [2.45, 2.75) is 0 Å². The number of carboxylic acid groups (broad SMARTS) is 1. The topological polar surface area (TPSA) is 131 Å². The summed E-state index contributed by atoms with van der Waals surface area (Å²) in [6, 6.07) is 8.41. The van der Waals surface area contributed by atoms with Crippen LogP contribution in [0.5, 0.6) is 11.5 Å². The first-order chi connectivity index (χ1) is 16.2. The van der Waals surface area contributed by atoms with Crippen molar-refractivity contribution in [2.24, 2.45) is 0 Å². The van der Waals surface area contributed by atoms with Gasteiger partial charge in [0.15, 0.2) is 23.2 Å². The lowest BCUT2D eigenvalue weighted by atomic mass is 10.1. The third-order valence-electron chi connectivity index (χ3n) is 4.58. The van der Waals surface area contributed by atoms with Crippen LogP contribution in [0.25, 0.3) is 6.08 Å². The van der Waals surface area contributed by atoms with Gasteiger partial charge < -0.3 is 19.3 Å². The van der Waals surface area contributed by atoms with Crippen molar-refractivity contribution in [3.63, 3.8) is 0 Å². The van der Waals surface area contributed by atoms with Crippen LogP contribution in [0.15, 0.2) is 42.0 Å². The van der Waals surface area contributed by atoms with Crippen LogP contribution in [-0.4, -0.2) is 54.8 Å². The Balaban J connectivity index is 1.99. The molecule has 1 saturated heterocycles. The van der Waals surface area contributed by atoms with Crippen LogP contribution < -0.4 is 19.7 Å². The molecule has 0 saturated carbocycles. The second-order valence-corrected chi connectivity index (χ2v) is 7.51. The fourth-order valence-corrected chi connectivity index (χ4v) is 3.54. The molecule has 0 spiro atoms. The Morgan fingerprint density at radius 3 is 2.59 bits per heavy atom. The number of methoxy groups -OCH3 is 2. The third-order valence-corrected chi connectivity index (χ3v) is 5.14. The van der Waals surface area contributed by atoms with Gasteiger partial charge in [0, 0.05) is 0 Å². The fraction of sp³-hybridized carbons (Fsp3) is 0.136. The average molecular weight is 505 g/mol. The number of esters is 1. The SMILES string of the molecule is COC(=O)COc1c(Cl)cc(C=C2C(=O)NC(=S)N(c3cccc(C(=O)O)c3)C2=O)cc1OC. The number of hydrogen-bond acceptors (Lipinski definition) is 8. The summed E-state index contributed by atoms with van der Waals surface area (Å²) in [6.07, 6.45) is 1.27. The molecule has 1 fully saturated rings. The third kappa shape index (κ3) is 5.16. The minimum absolute atomic E-state index is 0.0558. The van der Waals surface area contributed by atoms with Gasteiger partial charge in [-0.2, -0.15) is 0 Å². The average Bonchev–Trinajstić information content (AvgIpc) is 2.80. The molecule has 2 amide bonds. The zero-order valence-corrected chi connectivity index (χ0v) is 19.4. The first kappa shape index (κ1) is 24.7. The van der Waals surface area contributed by atoms with E-state index >= 15 is 0 Å². The highest BCUT2D eigenvalue weighted by atomic mass is 35.5. The number of carboxylic acids is 1. The van der Waals surface area contributed by atoms with Crippen LogP contribution in [0.3, 0.4) is 0 Å². The van der Waals surface area contributed by atoms with Crippen molar-refractivity contribution >= 4 is 64.4 Å². The van der Waals surface area contributed by atoms with E-state index in [-0.39, 0.29) is 38.5 Å². The lowest BCUT2D eigenvalue weighted by molar-refractivity contribution is -0.143. The highest BCUT2D eigenvalue weighted by molar-refractivity contribution is 7.80. The van der Waals surface area contributed by atoms with E-state index in [0.717, 1.165) is 4.90 Å². The van der Waals surface area contributed by atoms with Crippen LogP contribution in [0.2, 0.25) is 5.02 Å². The molecule has 0 aromatic heterocycles. The van der Waals surface area contributed by atoms with Gasteiger partial charge in [0.1, 0.15) is 5.57 Å². The molecule has 2 aromatic rings. The number of aromatic carboxylic acids is 1. The van der Waals surface area contributed by atoms with Gasteiger partial charge in [0.25, 0.3) is 11.8 Å². The van der Waals surface area contributed by atoms with E-state index in [9.17, 15) is 24.3 Å². The molecule has 1 heterocycles. The number of carbonyl (C=O) groups is 4. The molecule has 1 aliphatic heterocycles. The summed E-state index contributed by atoms with van der Waals surface area (Å²) in [5.41, 5.74) is 0.145. The van der Waals surface area contributed by atoms with Crippen LogP contribution >= 0.6 is 23.8 Å². The number of rotatable bonds is 7. The summed E-state index contributed by atoms with van der Waals surface area (Å²) in [5.74, 6) is -3.11. The molecule has 12 heteroatoms. The number of hydrogen-bond donors (Lipinski definition) is 2.